The van der Waals surface area contributed by atoms with Gasteiger partial charge in [0.25, 0.3) is 0 Å². The summed E-state index contributed by atoms with van der Waals surface area (Å²) in [7, 11) is 0. The molecule has 0 atom stereocenters. The van der Waals surface area contributed by atoms with Crippen LogP contribution in [0.5, 0.6) is 0 Å². The number of carboxylic acid groups (broad SMARTS) is 3. The normalized spacial score (nSPS) is 10.6. The van der Waals surface area contributed by atoms with Gasteiger partial charge in [0.1, 0.15) is 0 Å². The molecular formula is C12H13N3O7. The van der Waals surface area contributed by atoms with Gasteiger partial charge in [-0.1, -0.05) is 0 Å². The van der Waals surface area contributed by atoms with Gasteiger partial charge in [0, 0.05) is 18.5 Å². The van der Waals surface area contributed by atoms with Crippen LogP contribution in [0, 0.1) is 0 Å². The average molecular weight is 311 g/mol. The van der Waals surface area contributed by atoms with Crippen molar-refractivity contribution in [3.8, 4) is 0 Å². The number of aromatic nitrogens is 3. The molecule has 0 saturated carbocycles. The predicted octanol–water partition coefficient (Wildman–Crippen LogP) is -0.519. The molecule has 4 N–H and O–H groups in total. The Labute approximate surface area is 123 Å². The molecule has 0 fully saturated rings. The Morgan fingerprint density at radius 1 is 1.09 bits per heavy atom. The summed E-state index contributed by atoms with van der Waals surface area (Å²) in [5.41, 5.74) is -1.85. The SMILES string of the molecule is O=C(O)CC(O)(CC(=O)O)C(=O)O.c1cnc2ccnn2c1. The van der Waals surface area contributed by atoms with Crippen molar-refractivity contribution in [2.75, 3.05) is 0 Å². The van der Waals surface area contributed by atoms with Gasteiger partial charge in [-0.15, -0.1) is 0 Å². The topological polar surface area (TPSA) is 162 Å². The van der Waals surface area contributed by atoms with Crippen molar-refractivity contribution in [2.45, 2.75) is 18.4 Å². The standard InChI is InChI=1S/C6H5N3.C6H8O7/c1-3-7-6-2-4-8-9(6)5-1;7-3(8)1-6(13,5(11)12)2-4(9)10/h1-5H;13H,1-2H2,(H,7,8)(H,9,10)(H,11,12). The van der Waals surface area contributed by atoms with Gasteiger partial charge in [-0.2, -0.15) is 5.10 Å². The minimum atomic E-state index is -2.74. The first kappa shape index (κ1) is 17.0. The molecule has 2 aromatic rings. The van der Waals surface area contributed by atoms with Crippen molar-refractivity contribution in [1.29, 1.82) is 0 Å². The second-order valence-corrected chi connectivity index (χ2v) is 4.23. The summed E-state index contributed by atoms with van der Waals surface area (Å²) in [5, 5.41) is 37.8. The number of carbonyl (C=O) groups is 3. The maximum Gasteiger partial charge on any atom is 0.336 e. The van der Waals surface area contributed by atoms with Gasteiger partial charge >= 0.3 is 17.9 Å². The van der Waals surface area contributed by atoms with Crippen molar-refractivity contribution in [3.63, 3.8) is 0 Å². The Morgan fingerprint density at radius 2 is 1.68 bits per heavy atom. The van der Waals surface area contributed by atoms with Crippen molar-refractivity contribution in [2.24, 2.45) is 0 Å². The summed E-state index contributed by atoms with van der Waals surface area (Å²) in [5.74, 6) is -5.02. The molecule has 2 rings (SSSR count). The molecule has 0 amide bonds. The fourth-order valence-corrected chi connectivity index (χ4v) is 1.48. The van der Waals surface area contributed by atoms with Crippen LogP contribution in [0.2, 0.25) is 0 Å². The molecule has 0 aliphatic heterocycles. The van der Waals surface area contributed by atoms with E-state index in [0.717, 1.165) is 5.65 Å². The summed E-state index contributed by atoms with van der Waals surface area (Å²) in [6, 6.07) is 3.71. The largest absolute Gasteiger partial charge is 0.481 e. The molecule has 10 nitrogen and oxygen atoms in total. The van der Waals surface area contributed by atoms with E-state index in [9.17, 15) is 14.4 Å². The highest BCUT2D eigenvalue weighted by molar-refractivity contribution is 5.88. The van der Waals surface area contributed by atoms with E-state index in [2.05, 4.69) is 10.1 Å². The van der Waals surface area contributed by atoms with Gasteiger partial charge in [-0.25, -0.2) is 14.3 Å². The first-order chi connectivity index (χ1) is 10.2. The van der Waals surface area contributed by atoms with Crippen LogP contribution in [0.3, 0.4) is 0 Å². The maximum atomic E-state index is 10.3. The van der Waals surface area contributed by atoms with Gasteiger partial charge in [-0.05, 0) is 6.07 Å². The quantitative estimate of drug-likeness (QED) is 0.569. The van der Waals surface area contributed by atoms with Crippen LogP contribution in [0.25, 0.3) is 5.65 Å². The van der Waals surface area contributed by atoms with Crippen LogP contribution in [-0.4, -0.2) is 58.5 Å². The monoisotopic (exact) mass is 311 g/mol. The minimum Gasteiger partial charge on any atom is -0.481 e. The molecule has 0 aromatic carbocycles. The Bertz CT molecular complexity index is 636. The third kappa shape index (κ3) is 4.83. The van der Waals surface area contributed by atoms with E-state index >= 15 is 0 Å². The lowest BCUT2D eigenvalue weighted by Crippen LogP contribution is -2.42. The number of hydrogen-bond donors (Lipinski definition) is 4. The second kappa shape index (κ2) is 7.13. The summed E-state index contributed by atoms with van der Waals surface area (Å²) < 4.78 is 1.72. The summed E-state index contributed by atoms with van der Waals surface area (Å²) in [6.07, 6.45) is 3.05. The first-order valence-electron chi connectivity index (χ1n) is 5.88. The minimum absolute atomic E-state index is 0.887. The van der Waals surface area contributed by atoms with Crippen molar-refractivity contribution in [1.82, 2.24) is 14.6 Å². The zero-order valence-electron chi connectivity index (χ0n) is 11.2. The average Bonchev–Trinajstić information content (AvgIpc) is 2.85. The number of nitrogens with zero attached hydrogens (tertiary/aromatic N) is 3. The van der Waals surface area contributed by atoms with E-state index in [4.69, 9.17) is 20.4 Å². The van der Waals surface area contributed by atoms with Crippen molar-refractivity contribution < 1.29 is 34.8 Å². The molecule has 2 aromatic heterocycles. The molecule has 0 bridgehead atoms. The summed E-state index contributed by atoms with van der Waals surface area (Å²) >= 11 is 0. The molecular weight excluding hydrogens is 298 g/mol. The molecule has 0 spiro atoms. The molecule has 22 heavy (non-hydrogen) atoms. The molecule has 0 aliphatic rings. The third-order valence-electron chi connectivity index (χ3n) is 2.45. The zero-order chi connectivity index (χ0) is 16.8. The Morgan fingerprint density at radius 3 is 2.14 bits per heavy atom. The Kier molecular flexibility index (Phi) is 5.52. The fourth-order valence-electron chi connectivity index (χ4n) is 1.48. The molecule has 10 heteroatoms. The highest BCUT2D eigenvalue weighted by Gasteiger charge is 2.40. The smallest absolute Gasteiger partial charge is 0.336 e. The van der Waals surface area contributed by atoms with Crippen LogP contribution < -0.4 is 0 Å². The third-order valence-corrected chi connectivity index (χ3v) is 2.45. The molecule has 0 unspecified atom stereocenters. The van der Waals surface area contributed by atoms with Gasteiger partial charge in [0.15, 0.2) is 11.2 Å². The summed E-state index contributed by atoms with van der Waals surface area (Å²) in [4.78, 5) is 34.5. The number of hydrogen-bond acceptors (Lipinski definition) is 6. The molecule has 2 heterocycles. The maximum absolute atomic E-state index is 10.3. The number of aliphatic carboxylic acids is 3. The second-order valence-electron chi connectivity index (χ2n) is 4.23. The van der Waals surface area contributed by atoms with Crippen molar-refractivity contribution in [3.05, 3.63) is 30.7 Å². The van der Waals surface area contributed by atoms with Crippen LogP contribution in [-0.2, 0) is 14.4 Å². The van der Waals surface area contributed by atoms with Crippen LogP contribution in [0.4, 0.5) is 0 Å². The van der Waals surface area contributed by atoms with Crippen LogP contribution in [0.1, 0.15) is 12.8 Å². The van der Waals surface area contributed by atoms with Crippen LogP contribution in [0.15, 0.2) is 30.7 Å². The highest BCUT2D eigenvalue weighted by atomic mass is 16.4. The van der Waals surface area contributed by atoms with E-state index < -0.39 is 36.4 Å². The predicted molar refractivity (Wildman–Crippen MR) is 70.1 cm³/mol. The number of rotatable bonds is 5. The molecule has 0 saturated heterocycles. The van der Waals surface area contributed by atoms with E-state index in [0.29, 0.717) is 0 Å². The number of carboxylic acids is 3. The fraction of sp³-hybridized carbons (Fsp3) is 0.250. The number of fused-ring (bicyclic) bond motifs is 1. The molecule has 0 radical (unpaired) electrons. The summed E-state index contributed by atoms with van der Waals surface area (Å²) in [6.45, 7) is 0. The first-order valence-corrected chi connectivity index (χ1v) is 5.88. The lowest BCUT2D eigenvalue weighted by atomic mass is 9.96. The molecule has 118 valence electrons. The Balaban J connectivity index is 0.000000231. The van der Waals surface area contributed by atoms with E-state index in [1.54, 1.807) is 16.9 Å². The lowest BCUT2D eigenvalue weighted by molar-refractivity contribution is -0.170. The molecule has 0 aliphatic carbocycles. The van der Waals surface area contributed by atoms with Gasteiger partial charge < -0.3 is 20.4 Å². The van der Waals surface area contributed by atoms with E-state index in [1.807, 2.05) is 18.3 Å². The van der Waals surface area contributed by atoms with Gasteiger partial charge in [0.05, 0.1) is 19.0 Å². The highest BCUT2D eigenvalue weighted by Crippen LogP contribution is 2.15. The lowest BCUT2D eigenvalue weighted by Gasteiger charge is -2.18. The Hall–Kier alpha value is -3.01. The van der Waals surface area contributed by atoms with Gasteiger partial charge in [-0.3, -0.25) is 9.59 Å². The van der Waals surface area contributed by atoms with E-state index in [-0.39, 0.29) is 0 Å². The van der Waals surface area contributed by atoms with Crippen LogP contribution >= 0.6 is 0 Å². The zero-order valence-corrected chi connectivity index (χ0v) is 11.2. The van der Waals surface area contributed by atoms with Crippen molar-refractivity contribution >= 4 is 23.6 Å². The number of aliphatic hydroxyl groups is 1. The van der Waals surface area contributed by atoms with Gasteiger partial charge in [0.2, 0.25) is 0 Å². The van der Waals surface area contributed by atoms with E-state index in [1.165, 1.54) is 0 Å².